The quantitative estimate of drug-likeness (QED) is 0.639. The van der Waals surface area contributed by atoms with E-state index in [2.05, 4.69) is 0 Å². The summed E-state index contributed by atoms with van der Waals surface area (Å²) in [5.74, 6) is 0.0771. The Hall–Kier alpha value is -0.350. The van der Waals surface area contributed by atoms with E-state index in [1.165, 1.54) is 13.8 Å². The van der Waals surface area contributed by atoms with Crippen LogP contribution in [0.1, 0.15) is 13.8 Å². The van der Waals surface area contributed by atoms with Crippen molar-refractivity contribution >= 4 is 22.7 Å². The molecule has 4 heteroatoms. The first-order chi connectivity index (χ1) is 5.72. The second-order valence-electron chi connectivity index (χ2n) is 4.18. The van der Waals surface area contributed by atoms with Gasteiger partial charge in [-0.05, 0) is 6.92 Å². The highest BCUT2D eigenvalue weighted by atomic mass is 32.2. The van der Waals surface area contributed by atoms with Gasteiger partial charge in [0.25, 0.3) is 0 Å². The summed E-state index contributed by atoms with van der Waals surface area (Å²) < 4.78 is 0.699. The maximum Gasteiger partial charge on any atom is 0.186 e. The van der Waals surface area contributed by atoms with Crippen molar-refractivity contribution in [1.29, 1.82) is 0 Å². The van der Waals surface area contributed by atoms with Crippen LogP contribution in [-0.4, -0.2) is 48.3 Å². The van der Waals surface area contributed by atoms with E-state index in [1.54, 1.807) is 0 Å². The van der Waals surface area contributed by atoms with Crippen LogP contribution in [0.15, 0.2) is 0 Å². The molecule has 0 saturated carbocycles. The molecule has 0 heterocycles. The van der Waals surface area contributed by atoms with Gasteiger partial charge in [-0.15, -0.1) is 0 Å². The number of carbonyl (C=O) groups is 2. The molecule has 3 nitrogen and oxygen atoms in total. The van der Waals surface area contributed by atoms with Gasteiger partial charge in [-0.2, -0.15) is 0 Å². The highest BCUT2D eigenvalue weighted by molar-refractivity contribution is 8.14. The lowest BCUT2D eigenvalue weighted by molar-refractivity contribution is -0.869. The van der Waals surface area contributed by atoms with Gasteiger partial charge in [-0.1, -0.05) is 11.8 Å². The Morgan fingerprint density at radius 3 is 1.92 bits per heavy atom. The van der Waals surface area contributed by atoms with Crippen LogP contribution < -0.4 is 0 Å². The average Bonchev–Trinajstić information content (AvgIpc) is 1.81. The molecular formula is C9H18NO2S+. The molecule has 0 bridgehead atoms. The number of hydrogen-bond donors (Lipinski definition) is 0. The van der Waals surface area contributed by atoms with Crippen molar-refractivity contribution in [3.05, 3.63) is 0 Å². The molecule has 1 unspecified atom stereocenters. The van der Waals surface area contributed by atoms with E-state index < -0.39 is 0 Å². The molecule has 0 fully saturated rings. The third kappa shape index (κ3) is 6.78. The molecular weight excluding hydrogens is 186 g/mol. The van der Waals surface area contributed by atoms with E-state index in [9.17, 15) is 9.59 Å². The number of rotatable bonds is 4. The molecule has 76 valence electrons. The second kappa shape index (κ2) is 4.77. The Balaban J connectivity index is 4.27. The first-order valence-electron chi connectivity index (χ1n) is 4.20. The van der Waals surface area contributed by atoms with Crippen molar-refractivity contribution in [2.24, 2.45) is 0 Å². The molecule has 13 heavy (non-hydrogen) atoms. The minimum absolute atomic E-state index is 0.00801. The molecule has 0 aromatic rings. The summed E-state index contributed by atoms with van der Waals surface area (Å²) in [6.45, 7) is 3.73. The Bertz CT molecular complexity index is 208. The van der Waals surface area contributed by atoms with Crippen LogP contribution in [0, 0.1) is 0 Å². The van der Waals surface area contributed by atoms with E-state index in [1.807, 2.05) is 21.1 Å². The summed E-state index contributed by atoms with van der Waals surface area (Å²) >= 11 is 1.13. The zero-order valence-electron chi connectivity index (χ0n) is 8.96. The summed E-state index contributed by atoms with van der Waals surface area (Å²) in [4.78, 5) is 22.0. The Morgan fingerprint density at radius 1 is 1.23 bits per heavy atom. The van der Waals surface area contributed by atoms with Gasteiger partial charge < -0.3 is 4.48 Å². The van der Waals surface area contributed by atoms with Crippen LogP contribution in [0.3, 0.4) is 0 Å². The van der Waals surface area contributed by atoms with Gasteiger partial charge in [0.1, 0.15) is 11.0 Å². The maximum atomic E-state index is 11.2. The van der Waals surface area contributed by atoms with Crippen LogP contribution in [0.4, 0.5) is 0 Å². The number of thioether (sulfide) groups is 1. The standard InChI is InChI=1S/C9H18NO2S/c1-7(11)9(13-8(2)12)6-10(3,4)5/h9H,6H2,1-5H3/q+1. The predicted molar refractivity (Wildman–Crippen MR) is 55.6 cm³/mol. The Morgan fingerprint density at radius 2 is 1.69 bits per heavy atom. The molecule has 0 saturated heterocycles. The van der Waals surface area contributed by atoms with Gasteiger partial charge in [-0.3, -0.25) is 9.59 Å². The molecule has 0 aliphatic heterocycles. The number of quaternary nitrogens is 1. The highest BCUT2D eigenvalue weighted by Crippen LogP contribution is 2.15. The molecule has 0 rings (SSSR count). The van der Waals surface area contributed by atoms with Gasteiger partial charge >= 0.3 is 0 Å². The lowest BCUT2D eigenvalue weighted by Crippen LogP contribution is -2.42. The fraction of sp³-hybridized carbons (Fsp3) is 0.778. The van der Waals surface area contributed by atoms with Crippen molar-refractivity contribution in [1.82, 2.24) is 0 Å². The van der Waals surface area contributed by atoms with E-state index >= 15 is 0 Å². The summed E-state index contributed by atoms with van der Waals surface area (Å²) in [7, 11) is 6.03. The van der Waals surface area contributed by atoms with Crippen LogP contribution in [0.2, 0.25) is 0 Å². The molecule has 0 N–H and O–H groups in total. The monoisotopic (exact) mass is 204 g/mol. The lowest BCUT2D eigenvalue weighted by atomic mass is 10.3. The minimum atomic E-state index is -0.197. The topological polar surface area (TPSA) is 34.1 Å². The van der Waals surface area contributed by atoms with Gasteiger partial charge in [0.15, 0.2) is 5.12 Å². The molecule has 0 aliphatic rings. The van der Waals surface area contributed by atoms with E-state index in [0.29, 0.717) is 11.0 Å². The molecule has 0 aromatic carbocycles. The van der Waals surface area contributed by atoms with Crippen molar-refractivity contribution in [3.63, 3.8) is 0 Å². The summed E-state index contributed by atoms with van der Waals surface area (Å²) in [6.07, 6.45) is 0. The van der Waals surface area contributed by atoms with Crippen molar-refractivity contribution in [3.8, 4) is 0 Å². The maximum absolute atomic E-state index is 11.2. The zero-order chi connectivity index (χ0) is 10.6. The highest BCUT2D eigenvalue weighted by Gasteiger charge is 2.24. The zero-order valence-corrected chi connectivity index (χ0v) is 9.77. The van der Waals surface area contributed by atoms with E-state index in [0.717, 1.165) is 11.8 Å². The van der Waals surface area contributed by atoms with Gasteiger partial charge in [0.05, 0.1) is 27.7 Å². The van der Waals surface area contributed by atoms with Crippen LogP contribution in [0.25, 0.3) is 0 Å². The third-order valence-corrected chi connectivity index (χ3v) is 2.57. The Labute approximate surface area is 84.1 Å². The second-order valence-corrected chi connectivity index (χ2v) is 5.56. The van der Waals surface area contributed by atoms with Gasteiger partial charge in [0, 0.05) is 6.92 Å². The third-order valence-electron chi connectivity index (χ3n) is 1.48. The largest absolute Gasteiger partial charge is 0.330 e. The lowest BCUT2D eigenvalue weighted by Gasteiger charge is -2.27. The van der Waals surface area contributed by atoms with Crippen LogP contribution >= 0.6 is 11.8 Å². The number of nitrogens with zero attached hydrogens (tertiary/aromatic N) is 1. The average molecular weight is 204 g/mol. The fourth-order valence-electron chi connectivity index (χ4n) is 0.947. The first-order valence-corrected chi connectivity index (χ1v) is 5.08. The summed E-state index contributed by atoms with van der Waals surface area (Å²) in [5, 5.41) is -0.189. The Kier molecular flexibility index (Phi) is 4.64. The van der Waals surface area contributed by atoms with Crippen molar-refractivity contribution in [2.75, 3.05) is 27.7 Å². The summed E-state index contributed by atoms with van der Waals surface area (Å²) in [6, 6.07) is 0. The molecule has 0 amide bonds. The van der Waals surface area contributed by atoms with Crippen LogP contribution in [0.5, 0.6) is 0 Å². The van der Waals surface area contributed by atoms with E-state index in [-0.39, 0.29) is 16.1 Å². The van der Waals surface area contributed by atoms with Crippen molar-refractivity contribution < 1.29 is 14.1 Å². The van der Waals surface area contributed by atoms with Crippen molar-refractivity contribution in [2.45, 2.75) is 19.1 Å². The fourth-order valence-corrected chi connectivity index (χ4v) is 2.03. The SMILES string of the molecule is CC(=O)SC(C[N+](C)(C)C)C(C)=O. The van der Waals surface area contributed by atoms with Gasteiger partial charge in [0.2, 0.25) is 0 Å². The first kappa shape index (κ1) is 12.7. The number of hydrogen-bond acceptors (Lipinski definition) is 3. The molecule has 0 aliphatic carbocycles. The number of ketones is 1. The molecule has 0 radical (unpaired) electrons. The van der Waals surface area contributed by atoms with E-state index in [4.69, 9.17) is 0 Å². The molecule has 0 spiro atoms. The van der Waals surface area contributed by atoms with Gasteiger partial charge in [-0.25, -0.2) is 0 Å². The minimum Gasteiger partial charge on any atom is -0.330 e. The molecule has 0 aromatic heterocycles. The smallest absolute Gasteiger partial charge is 0.186 e. The number of carbonyl (C=O) groups excluding carboxylic acids is 2. The normalized spacial score (nSPS) is 13.9. The summed E-state index contributed by atoms with van der Waals surface area (Å²) in [5.41, 5.74) is 0. The van der Waals surface area contributed by atoms with Crippen LogP contribution in [-0.2, 0) is 9.59 Å². The predicted octanol–water partition coefficient (Wildman–Crippen LogP) is 0.930. The molecule has 1 atom stereocenters. The number of Topliss-reactive ketones (excluding diaryl/α,β-unsaturated/α-hetero) is 1.